The van der Waals surface area contributed by atoms with E-state index in [-0.39, 0.29) is 12.6 Å². The maximum absolute atomic E-state index is 12.5. The van der Waals surface area contributed by atoms with Crippen LogP contribution in [0.2, 0.25) is 0 Å². The smallest absolute Gasteiger partial charge is 0.407 e. The monoisotopic (exact) mass is 298 g/mol. The molecule has 2 rings (SSSR count). The molecule has 1 aliphatic rings. The van der Waals surface area contributed by atoms with Crippen LogP contribution in [0, 0.1) is 6.92 Å². The van der Waals surface area contributed by atoms with E-state index in [2.05, 4.69) is 10.1 Å². The molecule has 1 heterocycles. The Labute approximate surface area is 118 Å². The summed E-state index contributed by atoms with van der Waals surface area (Å²) < 4.78 is 31.0. The van der Waals surface area contributed by atoms with Crippen molar-refractivity contribution in [1.29, 1.82) is 0 Å². The second-order valence-corrected chi connectivity index (χ2v) is 6.66. The molecule has 0 radical (unpaired) electrons. The van der Waals surface area contributed by atoms with Crippen LogP contribution < -0.4 is 5.32 Å². The van der Waals surface area contributed by atoms with Crippen molar-refractivity contribution >= 4 is 16.1 Å². The molecule has 6 nitrogen and oxygen atoms in total. The molecule has 20 heavy (non-hydrogen) atoms. The van der Waals surface area contributed by atoms with Crippen LogP contribution in [-0.2, 0) is 14.8 Å². The second kappa shape index (κ2) is 5.80. The van der Waals surface area contributed by atoms with Crippen LogP contribution in [0.3, 0.4) is 0 Å². The third-order valence-corrected chi connectivity index (χ3v) is 5.40. The minimum Gasteiger partial charge on any atom is -0.453 e. The Morgan fingerprint density at radius 2 is 2.10 bits per heavy atom. The molecule has 0 aromatic heterocycles. The molecular formula is C13H18N2O4S. The predicted octanol–water partition coefficient (Wildman–Crippen LogP) is 1.11. The van der Waals surface area contributed by atoms with Gasteiger partial charge in [-0.15, -0.1) is 0 Å². The number of nitrogens with zero attached hydrogens (tertiary/aromatic N) is 1. The Morgan fingerprint density at radius 3 is 2.75 bits per heavy atom. The summed E-state index contributed by atoms with van der Waals surface area (Å²) in [6.07, 6.45) is 0.0466. The van der Waals surface area contributed by atoms with E-state index in [1.54, 1.807) is 31.2 Å². The van der Waals surface area contributed by atoms with Crippen LogP contribution in [-0.4, -0.2) is 45.1 Å². The van der Waals surface area contributed by atoms with E-state index >= 15 is 0 Å². The number of alkyl carbamates (subject to hydrolysis) is 1. The van der Waals surface area contributed by atoms with Gasteiger partial charge in [0, 0.05) is 19.1 Å². The number of amides is 1. The largest absolute Gasteiger partial charge is 0.453 e. The Balaban J connectivity index is 2.13. The lowest BCUT2D eigenvalue weighted by Gasteiger charge is -2.18. The van der Waals surface area contributed by atoms with Crippen molar-refractivity contribution in [2.24, 2.45) is 0 Å². The topological polar surface area (TPSA) is 75.7 Å². The molecule has 1 aromatic rings. The van der Waals surface area contributed by atoms with Gasteiger partial charge in [-0.05, 0) is 25.0 Å². The number of aryl methyl sites for hydroxylation is 1. The highest BCUT2D eigenvalue weighted by Crippen LogP contribution is 2.23. The average Bonchev–Trinajstić information content (AvgIpc) is 2.88. The van der Waals surface area contributed by atoms with E-state index in [4.69, 9.17) is 0 Å². The highest BCUT2D eigenvalue weighted by Gasteiger charge is 2.33. The highest BCUT2D eigenvalue weighted by molar-refractivity contribution is 7.89. The summed E-state index contributed by atoms with van der Waals surface area (Å²) in [6.45, 7) is 2.43. The fraction of sp³-hybridized carbons (Fsp3) is 0.462. The van der Waals surface area contributed by atoms with E-state index in [0.717, 1.165) is 5.56 Å². The number of ether oxygens (including phenoxy) is 1. The van der Waals surface area contributed by atoms with E-state index in [9.17, 15) is 13.2 Å². The zero-order valence-electron chi connectivity index (χ0n) is 11.5. The number of hydrogen-bond acceptors (Lipinski definition) is 4. The molecule has 1 fully saturated rings. The van der Waals surface area contributed by atoms with Crippen molar-refractivity contribution in [3.63, 3.8) is 0 Å². The Kier molecular flexibility index (Phi) is 4.29. The van der Waals surface area contributed by atoms with Gasteiger partial charge in [0.15, 0.2) is 0 Å². The lowest BCUT2D eigenvalue weighted by molar-refractivity contribution is 0.167. The van der Waals surface area contributed by atoms with Gasteiger partial charge in [-0.2, -0.15) is 4.31 Å². The van der Waals surface area contributed by atoms with Crippen LogP contribution in [0.25, 0.3) is 0 Å². The van der Waals surface area contributed by atoms with E-state index in [1.165, 1.54) is 11.4 Å². The number of nitrogens with one attached hydrogen (secondary N) is 1. The summed E-state index contributed by atoms with van der Waals surface area (Å²) in [5.74, 6) is 0. The molecule has 1 atom stereocenters. The molecule has 7 heteroatoms. The number of sulfonamides is 1. The lowest BCUT2D eigenvalue weighted by atomic mass is 10.2. The SMILES string of the molecule is COC(=O)NC1CCN(S(=O)(=O)c2ccccc2C)C1. The quantitative estimate of drug-likeness (QED) is 0.907. The maximum atomic E-state index is 12.5. The van der Waals surface area contributed by atoms with Crippen LogP contribution in [0.15, 0.2) is 29.2 Å². The van der Waals surface area contributed by atoms with Crippen molar-refractivity contribution < 1.29 is 17.9 Å². The Hall–Kier alpha value is -1.60. The van der Waals surface area contributed by atoms with Crippen molar-refractivity contribution in [3.8, 4) is 0 Å². The van der Waals surface area contributed by atoms with Crippen molar-refractivity contribution in [1.82, 2.24) is 9.62 Å². The molecule has 0 aliphatic carbocycles. The summed E-state index contributed by atoms with van der Waals surface area (Å²) in [5, 5.41) is 2.63. The van der Waals surface area contributed by atoms with Gasteiger partial charge in [0.2, 0.25) is 10.0 Å². The molecule has 1 N–H and O–H groups in total. The molecule has 1 aromatic carbocycles. The molecule has 0 saturated carbocycles. The minimum absolute atomic E-state index is 0.207. The molecule has 1 aliphatic heterocycles. The highest BCUT2D eigenvalue weighted by atomic mass is 32.2. The molecule has 0 spiro atoms. The zero-order valence-corrected chi connectivity index (χ0v) is 12.3. The van der Waals surface area contributed by atoms with Gasteiger partial charge in [0.1, 0.15) is 0 Å². The van der Waals surface area contributed by atoms with E-state index in [0.29, 0.717) is 17.9 Å². The van der Waals surface area contributed by atoms with Crippen molar-refractivity contribution in [2.45, 2.75) is 24.3 Å². The van der Waals surface area contributed by atoms with Crippen LogP contribution in [0.1, 0.15) is 12.0 Å². The Bertz CT molecular complexity index is 600. The molecule has 1 unspecified atom stereocenters. The average molecular weight is 298 g/mol. The number of carbonyl (C=O) groups is 1. The first-order valence-electron chi connectivity index (χ1n) is 6.35. The first-order valence-corrected chi connectivity index (χ1v) is 7.79. The molecule has 0 bridgehead atoms. The first kappa shape index (κ1) is 14.8. The van der Waals surface area contributed by atoms with Crippen LogP contribution in [0.4, 0.5) is 4.79 Å². The van der Waals surface area contributed by atoms with Crippen LogP contribution >= 0.6 is 0 Å². The first-order chi connectivity index (χ1) is 9.45. The third kappa shape index (κ3) is 2.94. The maximum Gasteiger partial charge on any atom is 0.407 e. The third-order valence-electron chi connectivity index (χ3n) is 3.37. The number of rotatable bonds is 3. The molecule has 1 amide bonds. The lowest BCUT2D eigenvalue weighted by Crippen LogP contribution is -2.38. The van der Waals surface area contributed by atoms with Gasteiger partial charge in [-0.1, -0.05) is 18.2 Å². The van der Waals surface area contributed by atoms with Gasteiger partial charge in [-0.3, -0.25) is 0 Å². The van der Waals surface area contributed by atoms with Gasteiger partial charge in [0.05, 0.1) is 12.0 Å². The van der Waals surface area contributed by atoms with Gasteiger partial charge < -0.3 is 10.1 Å². The van der Waals surface area contributed by atoms with E-state index < -0.39 is 16.1 Å². The van der Waals surface area contributed by atoms with Crippen molar-refractivity contribution in [3.05, 3.63) is 29.8 Å². The molecule has 1 saturated heterocycles. The number of hydrogen-bond donors (Lipinski definition) is 1. The summed E-state index contributed by atoms with van der Waals surface area (Å²) >= 11 is 0. The van der Waals surface area contributed by atoms with Gasteiger partial charge in [0.25, 0.3) is 0 Å². The molecular weight excluding hydrogens is 280 g/mol. The summed E-state index contributed by atoms with van der Waals surface area (Å²) in [6, 6.07) is 6.68. The normalized spacial score (nSPS) is 19.8. The minimum atomic E-state index is -3.50. The van der Waals surface area contributed by atoms with E-state index in [1.807, 2.05) is 0 Å². The predicted molar refractivity (Wildman–Crippen MR) is 73.9 cm³/mol. The zero-order chi connectivity index (χ0) is 14.8. The summed E-state index contributed by atoms with van der Waals surface area (Å²) in [4.78, 5) is 11.5. The number of methoxy groups -OCH3 is 1. The fourth-order valence-electron chi connectivity index (χ4n) is 2.27. The standard InChI is InChI=1S/C13H18N2O4S/c1-10-5-3-4-6-12(10)20(17,18)15-8-7-11(9-15)14-13(16)19-2/h3-6,11H,7-9H2,1-2H3,(H,14,16). The number of carbonyl (C=O) groups excluding carboxylic acids is 1. The van der Waals surface area contributed by atoms with Gasteiger partial charge >= 0.3 is 6.09 Å². The number of benzene rings is 1. The van der Waals surface area contributed by atoms with Gasteiger partial charge in [-0.25, -0.2) is 13.2 Å². The van der Waals surface area contributed by atoms with Crippen molar-refractivity contribution in [2.75, 3.05) is 20.2 Å². The Morgan fingerprint density at radius 1 is 1.40 bits per heavy atom. The summed E-state index contributed by atoms with van der Waals surface area (Å²) in [5.41, 5.74) is 0.719. The second-order valence-electron chi connectivity index (χ2n) is 4.75. The summed E-state index contributed by atoms with van der Waals surface area (Å²) in [7, 11) is -2.22. The van der Waals surface area contributed by atoms with Crippen LogP contribution in [0.5, 0.6) is 0 Å². The molecule has 110 valence electrons. The fourth-order valence-corrected chi connectivity index (χ4v) is 4.00.